The van der Waals surface area contributed by atoms with Crippen LogP contribution in [0.5, 0.6) is 0 Å². The Balaban J connectivity index is 2.23. The maximum atomic E-state index is 11.4. The maximum absolute atomic E-state index is 11.4. The minimum absolute atomic E-state index is 0.0583. The molecule has 0 spiro atoms. The molecular weight excluding hydrogens is 226 g/mol. The predicted octanol–water partition coefficient (Wildman–Crippen LogP) is 2.11. The van der Waals surface area contributed by atoms with Crippen molar-refractivity contribution >= 4 is 5.78 Å². The fourth-order valence-corrected chi connectivity index (χ4v) is 1.82. The van der Waals surface area contributed by atoms with Gasteiger partial charge in [-0.25, -0.2) is 4.98 Å². The zero-order chi connectivity index (χ0) is 13.0. The monoisotopic (exact) mass is 239 g/mol. The first kappa shape index (κ1) is 12.1. The lowest BCUT2D eigenvalue weighted by Crippen LogP contribution is -2.01. The molecule has 0 saturated carbocycles. The number of carbonyl (C=O) groups excluding carboxylic acids is 1. The molecule has 18 heavy (non-hydrogen) atoms. The maximum Gasteiger partial charge on any atom is 0.152 e. The molecule has 90 valence electrons. The Kier molecular flexibility index (Phi) is 3.54. The second-order valence-corrected chi connectivity index (χ2v) is 4.08. The number of Topliss-reactive ketones (excluding diaryl/α,β-unsaturated/α-hetero) is 1. The van der Waals surface area contributed by atoms with Crippen molar-refractivity contribution in [3.8, 4) is 17.5 Å². The molecule has 1 heterocycles. The lowest BCUT2D eigenvalue weighted by atomic mass is 10.2. The van der Waals surface area contributed by atoms with Gasteiger partial charge in [0.2, 0.25) is 0 Å². The summed E-state index contributed by atoms with van der Waals surface area (Å²) in [4.78, 5) is 15.8. The van der Waals surface area contributed by atoms with Crippen LogP contribution in [0, 0.1) is 11.3 Å². The topological polar surface area (TPSA) is 58.7 Å². The lowest BCUT2D eigenvalue weighted by molar-refractivity contribution is -0.117. The van der Waals surface area contributed by atoms with Crippen LogP contribution in [0.1, 0.15) is 12.1 Å². The number of hydrogen-bond acceptors (Lipinski definition) is 3. The normalized spacial score (nSPS) is 10.0. The van der Waals surface area contributed by atoms with Gasteiger partial charge in [-0.1, -0.05) is 30.3 Å². The second kappa shape index (κ2) is 5.28. The first-order chi connectivity index (χ1) is 8.70. The number of benzene rings is 1. The molecule has 0 bridgehead atoms. The lowest BCUT2D eigenvalue weighted by Gasteiger charge is -1.99. The Morgan fingerprint density at radius 3 is 2.78 bits per heavy atom. The van der Waals surface area contributed by atoms with Crippen LogP contribution in [-0.4, -0.2) is 15.3 Å². The minimum Gasteiger partial charge on any atom is -0.334 e. The molecular formula is C14H13N3O. The van der Waals surface area contributed by atoms with Crippen LogP contribution < -0.4 is 0 Å². The van der Waals surface area contributed by atoms with Crippen molar-refractivity contribution in [3.05, 3.63) is 42.2 Å². The molecule has 0 saturated heterocycles. The van der Waals surface area contributed by atoms with Crippen molar-refractivity contribution < 1.29 is 4.79 Å². The zero-order valence-corrected chi connectivity index (χ0v) is 10.1. The van der Waals surface area contributed by atoms with E-state index in [4.69, 9.17) is 5.26 Å². The van der Waals surface area contributed by atoms with E-state index in [1.54, 1.807) is 0 Å². The molecule has 2 aromatic rings. The second-order valence-electron chi connectivity index (χ2n) is 4.08. The van der Waals surface area contributed by atoms with Gasteiger partial charge in [0, 0.05) is 18.8 Å². The number of rotatable bonds is 4. The third-order valence-electron chi connectivity index (χ3n) is 2.61. The molecule has 4 heteroatoms. The summed E-state index contributed by atoms with van der Waals surface area (Å²) in [5.41, 5.74) is 1.72. The first-order valence-corrected chi connectivity index (χ1v) is 5.67. The van der Waals surface area contributed by atoms with E-state index in [1.165, 1.54) is 0 Å². The van der Waals surface area contributed by atoms with Crippen molar-refractivity contribution in [3.63, 3.8) is 0 Å². The molecule has 1 aromatic heterocycles. The number of aryl methyl sites for hydroxylation is 1. The van der Waals surface area contributed by atoms with Gasteiger partial charge < -0.3 is 4.57 Å². The summed E-state index contributed by atoms with van der Waals surface area (Å²) in [6.45, 7) is 0. The first-order valence-electron chi connectivity index (χ1n) is 5.67. The summed E-state index contributed by atoms with van der Waals surface area (Å²) in [6.07, 6.45) is 1.99. The molecule has 0 atom stereocenters. The highest BCUT2D eigenvalue weighted by molar-refractivity contribution is 5.82. The molecule has 4 nitrogen and oxygen atoms in total. The van der Waals surface area contributed by atoms with Gasteiger partial charge in [0.1, 0.15) is 5.82 Å². The highest BCUT2D eigenvalue weighted by Crippen LogP contribution is 2.17. The van der Waals surface area contributed by atoms with Crippen LogP contribution in [0.2, 0.25) is 0 Å². The van der Waals surface area contributed by atoms with Crippen LogP contribution in [-0.2, 0) is 18.3 Å². The van der Waals surface area contributed by atoms with Crippen LogP contribution in [0.4, 0.5) is 0 Å². The molecule has 0 N–H and O–H groups in total. The van der Waals surface area contributed by atoms with Crippen LogP contribution in [0.15, 0.2) is 36.5 Å². The van der Waals surface area contributed by atoms with Crippen molar-refractivity contribution in [1.82, 2.24) is 9.55 Å². The molecule has 0 aliphatic heterocycles. The summed E-state index contributed by atoms with van der Waals surface area (Å²) in [5.74, 6) is 0.727. The van der Waals surface area contributed by atoms with Gasteiger partial charge in [-0.05, 0) is 0 Å². The van der Waals surface area contributed by atoms with E-state index in [0.29, 0.717) is 5.69 Å². The highest BCUT2D eigenvalue weighted by Gasteiger charge is 2.10. The Labute approximate surface area is 106 Å². The van der Waals surface area contributed by atoms with E-state index in [2.05, 4.69) is 4.98 Å². The predicted molar refractivity (Wildman–Crippen MR) is 67.6 cm³/mol. The average Bonchev–Trinajstić information content (AvgIpc) is 2.71. The SMILES string of the molecule is Cn1cc(CC(=O)CC#N)nc1-c1ccccc1. The smallest absolute Gasteiger partial charge is 0.152 e. The van der Waals surface area contributed by atoms with Gasteiger partial charge in [0.25, 0.3) is 0 Å². The largest absolute Gasteiger partial charge is 0.334 e. The van der Waals surface area contributed by atoms with Gasteiger partial charge in [-0.15, -0.1) is 0 Å². The van der Waals surface area contributed by atoms with Crippen LogP contribution in [0.3, 0.4) is 0 Å². The van der Waals surface area contributed by atoms with E-state index in [9.17, 15) is 4.79 Å². The minimum atomic E-state index is -0.102. The van der Waals surface area contributed by atoms with Crippen molar-refractivity contribution in [2.75, 3.05) is 0 Å². The number of nitrogens with zero attached hydrogens (tertiary/aromatic N) is 3. The quantitative estimate of drug-likeness (QED) is 0.821. The number of carbonyl (C=O) groups is 1. The van der Waals surface area contributed by atoms with Gasteiger partial charge in [0.15, 0.2) is 5.78 Å². The fraction of sp³-hybridized carbons (Fsp3) is 0.214. The van der Waals surface area contributed by atoms with Gasteiger partial charge in [0.05, 0.1) is 24.6 Å². The summed E-state index contributed by atoms with van der Waals surface area (Å²) in [5, 5.41) is 8.46. The third kappa shape index (κ3) is 2.64. The van der Waals surface area contributed by atoms with Gasteiger partial charge >= 0.3 is 0 Å². The number of ketones is 1. The summed E-state index contributed by atoms with van der Waals surface area (Å²) in [7, 11) is 1.90. The van der Waals surface area contributed by atoms with Crippen molar-refractivity contribution in [1.29, 1.82) is 5.26 Å². The number of nitriles is 1. The van der Waals surface area contributed by atoms with Gasteiger partial charge in [-0.2, -0.15) is 5.26 Å². The molecule has 0 amide bonds. The number of aromatic nitrogens is 2. The molecule has 2 rings (SSSR count). The zero-order valence-electron chi connectivity index (χ0n) is 10.1. The van der Waals surface area contributed by atoms with Crippen LogP contribution in [0.25, 0.3) is 11.4 Å². The Bertz CT molecular complexity index is 593. The molecule has 0 fully saturated rings. The highest BCUT2D eigenvalue weighted by atomic mass is 16.1. The van der Waals surface area contributed by atoms with E-state index in [0.717, 1.165) is 11.4 Å². The van der Waals surface area contributed by atoms with E-state index < -0.39 is 0 Å². The molecule has 0 radical (unpaired) electrons. The summed E-state index contributed by atoms with van der Waals surface area (Å²) in [6, 6.07) is 11.7. The standard InChI is InChI=1S/C14H13N3O/c1-17-10-12(9-13(18)7-8-15)16-14(17)11-5-3-2-4-6-11/h2-6,10H,7,9H2,1H3. The molecule has 0 unspecified atom stereocenters. The number of hydrogen-bond donors (Lipinski definition) is 0. The summed E-state index contributed by atoms with van der Waals surface area (Å²) < 4.78 is 1.89. The van der Waals surface area contributed by atoms with Crippen molar-refractivity contribution in [2.45, 2.75) is 12.8 Å². The molecule has 1 aromatic carbocycles. The Morgan fingerprint density at radius 1 is 1.39 bits per heavy atom. The van der Waals surface area contributed by atoms with Crippen molar-refractivity contribution in [2.24, 2.45) is 7.05 Å². The molecule has 0 aliphatic rings. The van der Waals surface area contributed by atoms with Gasteiger partial charge in [-0.3, -0.25) is 4.79 Å². The average molecular weight is 239 g/mol. The number of imidazole rings is 1. The summed E-state index contributed by atoms with van der Waals surface area (Å²) >= 11 is 0. The Morgan fingerprint density at radius 2 is 2.11 bits per heavy atom. The molecule has 0 aliphatic carbocycles. The van der Waals surface area contributed by atoms with E-state index in [1.807, 2.05) is 54.2 Å². The van der Waals surface area contributed by atoms with E-state index in [-0.39, 0.29) is 18.6 Å². The fourth-order valence-electron chi connectivity index (χ4n) is 1.82. The van der Waals surface area contributed by atoms with E-state index >= 15 is 0 Å². The van der Waals surface area contributed by atoms with Crippen LogP contribution >= 0.6 is 0 Å². The third-order valence-corrected chi connectivity index (χ3v) is 2.61. The Hall–Kier alpha value is -2.41.